The Morgan fingerprint density at radius 3 is 2.61 bits per heavy atom. The van der Waals surface area contributed by atoms with Gasteiger partial charge >= 0.3 is 12.1 Å². The number of carbonyl (C=O) groups is 1. The van der Waals surface area contributed by atoms with E-state index in [4.69, 9.17) is 11.6 Å². The minimum atomic E-state index is -4.45. The van der Waals surface area contributed by atoms with Crippen LogP contribution in [-0.2, 0) is 22.1 Å². The number of esters is 1. The molecule has 0 radical (unpaired) electrons. The Balaban J connectivity index is 2.86. The molecule has 0 spiro atoms. The van der Waals surface area contributed by atoms with Crippen LogP contribution in [0.3, 0.4) is 0 Å². The summed E-state index contributed by atoms with van der Waals surface area (Å²) in [6, 6.07) is 3.32. The molecule has 0 saturated carbocycles. The van der Waals surface area contributed by atoms with E-state index in [0.29, 0.717) is 0 Å². The first-order valence-corrected chi connectivity index (χ1v) is 5.73. The van der Waals surface area contributed by atoms with Gasteiger partial charge in [0.25, 0.3) is 0 Å². The highest BCUT2D eigenvalue weighted by Gasteiger charge is 2.33. The number of hydrogen-bond acceptors (Lipinski definition) is 2. The summed E-state index contributed by atoms with van der Waals surface area (Å²) in [5.74, 6) is -0.523. The predicted molar refractivity (Wildman–Crippen MR) is 61.4 cm³/mol. The molecule has 1 aromatic carbocycles. The Morgan fingerprint density at radius 2 is 2.06 bits per heavy atom. The molecular weight excluding hydrogens is 269 g/mol. The summed E-state index contributed by atoms with van der Waals surface area (Å²) in [6.45, 7) is 1.85. The highest BCUT2D eigenvalue weighted by Crippen LogP contribution is 2.33. The maximum Gasteiger partial charge on any atom is 0.416 e. The number of carbonyl (C=O) groups excluding carboxylic acids is 1. The fourth-order valence-electron chi connectivity index (χ4n) is 1.52. The monoisotopic (exact) mass is 280 g/mol. The van der Waals surface area contributed by atoms with Crippen molar-refractivity contribution in [3.05, 3.63) is 34.3 Å². The number of halogens is 4. The minimum Gasteiger partial charge on any atom is -0.466 e. The number of alkyl halides is 3. The fraction of sp³-hybridized carbons (Fsp3) is 0.417. The van der Waals surface area contributed by atoms with Gasteiger partial charge in [-0.15, -0.1) is 0 Å². The van der Waals surface area contributed by atoms with Crippen molar-refractivity contribution in [1.29, 1.82) is 0 Å². The Kier molecular flexibility index (Phi) is 5.02. The average Bonchev–Trinajstić information content (AvgIpc) is 2.25. The van der Waals surface area contributed by atoms with Crippen LogP contribution < -0.4 is 0 Å². The topological polar surface area (TPSA) is 26.3 Å². The minimum absolute atomic E-state index is 0.00283. The van der Waals surface area contributed by atoms with E-state index >= 15 is 0 Å². The van der Waals surface area contributed by atoms with Crippen LogP contribution in [0.1, 0.15) is 24.5 Å². The summed E-state index contributed by atoms with van der Waals surface area (Å²) < 4.78 is 42.7. The van der Waals surface area contributed by atoms with Gasteiger partial charge in [-0.3, -0.25) is 4.79 Å². The average molecular weight is 281 g/mol. The van der Waals surface area contributed by atoms with Crippen molar-refractivity contribution >= 4 is 17.6 Å². The van der Waals surface area contributed by atoms with Crippen LogP contribution in [0.4, 0.5) is 13.2 Å². The molecule has 0 heterocycles. The van der Waals surface area contributed by atoms with Crippen LogP contribution in [0.5, 0.6) is 0 Å². The van der Waals surface area contributed by atoms with Crippen molar-refractivity contribution < 1.29 is 22.7 Å². The summed E-state index contributed by atoms with van der Waals surface area (Å²) in [7, 11) is 0. The standard InChI is InChI=1S/C12H12ClF3O2/c1-2-18-11(17)6-3-8-7-9(13)4-5-10(8)12(14,15)16/h4-5,7H,2-3,6H2,1H3. The lowest BCUT2D eigenvalue weighted by Crippen LogP contribution is -2.11. The number of rotatable bonds is 4. The molecule has 0 N–H and O–H groups in total. The maximum atomic E-state index is 12.7. The highest BCUT2D eigenvalue weighted by atomic mass is 35.5. The van der Waals surface area contributed by atoms with Crippen molar-refractivity contribution in [2.45, 2.75) is 25.9 Å². The number of hydrogen-bond donors (Lipinski definition) is 0. The van der Waals surface area contributed by atoms with E-state index in [0.717, 1.165) is 6.07 Å². The van der Waals surface area contributed by atoms with Gasteiger partial charge in [0.05, 0.1) is 12.2 Å². The fourth-order valence-corrected chi connectivity index (χ4v) is 1.71. The maximum absolute atomic E-state index is 12.7. The van der Waals surface area contributed by atoms with Gasteiger partial charge in [0.1, 0.15) is 0 Å². The first-order chi connectivity index (χ1) is 8.34. The van der Waals surface area contributed by atoms with Crippen LogP contribution in [0.15, 0.2) is 18.2 Å². The van der Waals surface area contributed by atoms with Crippen molar-refractivity contribution in [3.8, 4) is 0 Å². The summed E-state index contributed by atoms with van der Waals surface area (Å²) in [5, 5.41) is 0.210. The molecule has 1 aromatic rings. The quantitative estimate of drug-likeness (QED) is 0.783. The molecule has 0 bridgehead atoms. The Hall–Kier alpha value is -1.23. The Morgan fingerprint density at radius 1 is 1.39 bits per heavy atom. The van der Waals surface area contributed by atoms with Gasteiger partial charge < -0.3 is 4.74 Å². The van der Waals surface area contributed by atoms with Gasteiger partial charge in [-0.1, -0.05) is 11.6 Å². The number of benzene rings is 1. The third-order valence-corrected chi connectivity index (χ3v) is 2.51. The molecule has 18 heavy (non-hydrogen) atoms. The summed E-state index contributed by atoms with van der Waals surface area (Å²) in [6.07, 6.45) is -4.60. The van der Waals surface area contributed by atoms with Crippen molar-refractivity contribution in [2.24, 2.45) is 0 Å². The molecule has 0 atom stereocenters. The zero-order valence-electron chi connectivity index (χ0n) is 9.68. The van der Waals surface area contributed by atoms with Crippen LogP contribution in [0.25, 0.3) is 0 Å². The Labute approximate surface area is 108 Å². The summed E-state index contributed by atoms with van der Waals surface area (Å²) in [5.41, 5.74) is -0.765. The number of aryl methyl sites for hydroxylation is 1. The van der Waals surface area contributed by atoms with Crippen LogP contribution in [-0.4, -0.2) is 12.6 Å². The second-order valence-electron chi connectivity index (χ2n) is 3.60. The molecule has 0 aliphatic carbocycles. The normalized spacial score (nSPS) is 11.4. The van der Waals surface area contributed by atoms with E-state index in [1.165, 1.54) is 12.1 Å². The van der Waals surface area contributed by atoms with Crippen molar-refractivity contribution in [2.75, 3.05) is 6.61 Å². The van der Waals surface area contributed by atoms with Gasteiger partial charge in [0.15, 0.2) is 0 Å². The van der Waals surface area contributed by atoms with Gasteiger partial charge in [0, 0.05) is 11.4 Å². The molecule has 0 amide bonds. The molecule has 1 rings (SSSR count). The first kappa shape index (κ1) is 14.8. The predicted octanol–water partition coefficient (Wildman–Crippen LogP) is 3.85. The molecule has 2 nitrogen and oxygen atoms in total. The van der Waals surface area contributed by atoms with E-state index < -0.39 is 17.7 Å². The van der Waals surface area contributed by atoms with Crippen LogP contribution in [0.2, 0.25) is 5.02 Å². The summed E-state index contributed by atoms with van der Waals surface area (Å²) >= 11 is 5.66. The second-order valence-corrected chi connectivity index (χ2v) is 4.04. The van der Waals surface area contributed by atoms with Crippen molar-refractivity contribution in [3.63, 3.8) is 0 Å². The molecule has 6 heteroatoms. The molecule has 0 unspecified atom stereocenters. The van der Waals surface area contributed by atoms with Gasteiger partial charge in [-0.2, -0.15) is 13.2 Å². The van der Waals surface area contributed by atoms with Gasteiger partial charge in [-0.05, 0) is 37.1 Å². The molecular formula is C12H12ClF3O2. The Bertz CT molecular complexity index is 430. The SMILES string of the molecule is CCOC(=O)CCc1cc(Cl)ccc1C(F)(F)F. The third kappa shape index (κ3) is 4.22. The molecule has 0 saturated heterocycles. The van der Waals surface area contributed by atoms with Gasteiger partial charge in [0.2, 0.25) is 0 Å². The van der Waals surface area contributed by atoms with E-state index in [1.807, 2.05) is 0 Å². The van der Waals surface area contributed by atoms with E-state index in [1.54, 1.807) is 6.92 Å². The molecule has 100 valence electrons. The van der Waals surface area contributed by atoms with Crippen molar-refractivity contribution in [1.82, 2.24) is 0 Å². The molecule has 0 aromatic heterocycles. The van der Waals surface area contributed by atoms with Crippen LogP contribution >= 0.6 is 11.6 Å². The lowest BCUT2D eigenvalue weighted by atomic mass is 10.0. The lowest BCUT2D eigenvalue weighted by Gasteiger charge is -2.12. The molecule has 0 fully saturated rings. The largest absolute Gasteiger partial charge is 0.466 e. The second kappa shape index (κ2) is 6.09. The smallest absolute Gasteiger partial charge is 0.416 e. The van der Waals surface area contributed by atoms with Crippen LogP contribution in [0, 0.1) is 0 Å². The third-order valence-electron chi connectivity index (χ3n) is 2.28. The van der Waals surface area contributed by atoms with E-state index in [2.05, 4.69) is 4.74 Å². The zero-order chi connectivity index (χ0) is 13.8. The molecule has 0 aliphatic rings. The van der Waals surface area contributed by atoms with Gasteiger partial charge in [-0.25, -0.2) is 0 Å². The highest BCUT2D eigenvalue weighted by molar-refractivity contribution is 6.30. The lowest BCUT2D eigenvalue weighted by molar-refractivity contribution is -0.144. The number of ether oxygens (including phenoxy) is 1. The molecule has 0 aliphatic heterocycles. The van der Waals surface area contributed by atoms with E-state index in [9.17, 15) is 18.0 Å². The van der Waals surface area contributed by atoms with E-state index in [-0.39, 0.29) is 30.0 Å². The zero-order valence-corrected chi connectivity index (χ0v) is 10.4. The summed E-state index contributed by atoms with van der Waals surface area (Å²) in [4.78, 5) is 11.1. The first-order valence-electron chi connectivity index (χ1n) is 5.36.